The first-order chi connectivity index (χ1) is 9.04. The van der Waals surface area contributed by atoms with Gasteiger partial charge in [0.15, 0.2) is 0 Å². The van der Waals surface area contributed by atoms with Crippen molar-refractivity contribution >= 4 is 5.97 Å². The van der Waals surface area contributed by atoms with Crippen molar-refractivity contribution in [2.24, 2.45) is 0 Å². The van der Waals surface area contributed by atoms with E-state index < -0.39 is 11.5 Å². The minimum Gasteiger partial charge on any atom is -0.477 e. The van der Waals surface area contributed by atoms with Crippen molar-refractivity contribution in [1.82, 2.24) is 19.3 Å². The van der Waals surface area contributed by atoms with E-state index in [9.17, 15) is 9.59 Å². The quantitative estimate of drug-likeness (QED) is 0.867. The average molecular weight is 262 g/mol. The van der Waals surface area contributed by atoms with E-state index in [0.29, 0.717) is 18.1 Å². The molecule has 0 saturated heterocycles. The Morgan fingerprint density at radius 2 is 2.16 bits per heavy atom. The number of pyridine rings is 1. The van der Waals surface area contributed by atoms with Gasteiger partial charge in [0.2, 0.25) is 0 Å². The number of carbonyl (C=O) groups is 1. The fraction of sp³-hybridized carbons (Fsp3) is 0.333. The predicted molar refractivity (Wildman–Crippen MR) is 67.2 cm³/mol. The van der Waals surface area contributed by atoms with Crippen molar-refractivity contribution in [3.8, 4) is 0 Å². The van der Waals surface area contributed by atoms with Crippen LogP contribution in [0.4, 0.5) is 0 Å². The van der Waals surface area contributed by atoms with Gasteiger partial charge in [-0.15, -0.1) is 0 Å². The lowest BCUT2D eigenvalue weighted by Gasteiger charge is -2.10. The molecule has 1 N–H and O–H groups in total. The second-order valence-corrected chi connectivity index (χ2v) is 4.08. The minimum atomic E-state index is -1.23. The molecule has 0 saturated carbocycles. The number of hydrogen-bond acceptors (Lipinski definition) is 4. The molecule has 2 heterocycles. The van der Waals surface area contributed by atoms with E-state index >= 15 is 0 Å². The van der Waals surface area contributed by atoms with Gasteiger partial charge in [0.25, 0.3) is 5.56 Å². The van der Waals surface area contributed by atoms with E-state index in [1.165, 1.54) is 17.0 Å². The van der Waals surface area contributed by atoms with Crippen LogP contribution in [0.3, 0.4) is 0 Å². The van der Waals surface area contributed by atoms with Gasteiger partial charge < -0.3 is 9.67 Å². The Labute approximate surface area is 109 Å². The van der Waals surface area contributed by atoms with Crippen LogP contribution < -0.4 is 5.56 Å². The van der Waals surface area contributed by atoms with Crippen molar-refractivity contribution < 1.29 is 9.90 Å². The Hall–Kier alpha value is -2.44. The smallest absolute Gasteiger partial charge is 0.341 e. The largest absolute Gasteiger partial charge is 0.477 e. The van der Waals surface area contributed by atoms with Gasteiger partial charge in [-0.2, -0.15) is 5.10 Å². The molecule has 0 atom stereocenters. The van der Waals surface area contributed by atoms with Crippen LogP contribution >= 0.6 is 0 Å². The van der Waals surface area contributed by atoms with Gasteiger partial charge in [-0.25, -0.2) is 14.5 Å². The van der Waals surface area contributed by atoms with Crippen LogP contribution in [0.15, 0.2) is 23.3 Å². The summed E-state index contributed by atoms with van der Waals surface area (Å²) in [6.45, 7) is 4.52. The molecule has 0 amide bonds. The maximum absolute atomic E-state index is 12.1. The molecule has 0 aliphatic heterocycles. The van der Waals surface area contributed by atoms with Crippen molar-refractivity contribution in [3.63, 3.8) is 0 Å². The highest BCUT2D eigenvalue weighted by molar-refractivity contribution is 5.87. The first-order valence-corrected chi connectivity index (χ1v) is 5.85. The molecule has 7 nitrogen and oxygen atoms in total. The standard InChI is InChI=1S/C12H14N4O3/c1-3-16-10(13-7-14-16)6-15-8(2)4-5-9(11(15)17)12(18)19/h4-5,7H,3,6H2,1-2H3,(H,18,19). The molecule has 0 aliphatic carbocycles. The van der Waals surface area contributed by atoms with Gasteiger partial charge in [0, 0.05) is 12.2 Å². The normalized spacial score (nSPS) is 10.6. The highest BCUT2D eigenvalue weighted by Gasteiger charge is 2.14. The van der Waals surface area contributed by atoms with E-state index in [2.05, 4.69) is 10.1 Å². The van der Waals surface area contributed by atoms with E-state index in [0.717, 1.165) is 0 Å². The van der Waals surface area contributed by atoms with Crippen LogP contribution in [-0.4, -0.2) is 30.4 Å². The molecule has 0 aliphatic rings. The predicted octanol–water partition coefficient (Wildman–Crippen LogP) is 0.515. The van der Waals surface area contributed by atoms with Crippen LogP contribution in [0, 0.1) is 6.92 Å². The maximum atomic E-state index is 12.1. The van der Waals surface area contributed by atoms with E-state index in [4.69, 9.17) is 5.11 Å². The zero-order valence-electron chi connectivity index (χ0n) is 10.7. The molecule has 0 bridgehead atoms. The number of hydrogen-bond donors (Lipinski definition) is 1. The van der Waals surface area contributed by atoms with Crippen LogP contribution in [0.25, 0.3) is 0 Å². The summed E-state index contributed by atoms with van der Waals surface area (Å²) in [6.07, 6.45) is 1.42. The molecule has 2 rings (SSSR count). The Balaban J connectivity index is 2.48. The SMILES string of the molecule is CCn1ncnc1Cn1c(C)ccc(C(=O)O)c1=O. The third-order valence-corrected chi connectivity index (χ3v) is 2.92. The Bertz CT molecular complexity index is 672. The summed E-state index contributed by atoms with van der Waals surface area (Å²) in [5.41, 5.74) is -0.0908. The van der Waals surface area contributed by atoms with Crippen LogP contribution in [0.5, 0.6) is 0 Å². The second-order valence-electron chi connectivity index (χ2n) is 4.08. The number of aromatic carboxylic acids is 1. The zero-order chi connectivity index (χ0) is 14.0. The number of rotatable bonds is 4. The summed E-state index contributed by atoms with van der Waals surface area (Å²) in [4.78, 5) is 27.1. The van der Waals surface area contributed by atoms with E-state index in [-0.39, 0.29) is 12.1 Å². The lowest BCUT2D eigenvalue weighted by atomic mass is 10.2. The van der Waals surface area contributed by atoms with Crippen molar-refractivity contribution in [2.75, 3.05) is 0 Å². The summed E-state index contributed by atoms with van der Waals surface area (Å²) < 4.78 is 3.05. The first-order valence-electron chi connectivity index (χ1n) is 5.85. The lowest BCUT2D eigenvalue weighted by molar-refractivity contribution is 0.0694. The van der Waals surface area contributed by atoms with Crippen molar-refractivity contribution in [2.45, 2.75) is 26.9 Å². The zero-order valence-corrected chi connectivity index (χ0v) is 10.7. The van der Waals surface area contributed by atoms with Crippen molar-refractivity contribution in [3.05, 3.63) is 45.9 Å². The van der Waals surface area contributed by atoms with Gasteiger partial charge in [0.1, 0.15) is 17.7 Å². The number of aromatic nitrogens is 4. The maximum Gasteiger partial charge on any atom is 0.341 e. The molecule has 100 valence electrons. The highest BCUT2D eigenvalue weighted by Crippen LogP contribution is 2.03. The molecule has 19 heavy (non-hydrogen) atoms. The number of carboxylic acids is 1. The summed E-state index contributed by atoms with van der Waals surface area (Å²) in [6, 6.07) is 2.93. The number of carboxylic acid groups (broad SMARTS) is 1. The Morgan fingerprint density at radius 3 is 2.79 bits per heavy atom. The average Bonchev–Trinajstić information content (AvgIpc) is 2.81. The van der Waals surface area contributed by atoms with Gasteiger partial charge in [0.05, 0.1) is 6.54 Å². The summed E-state index contributed by atoms with van der Waals surface area (Å²) >= 11 is 0. The number of aryl methyl sites for hydroxylation is 2. The minimum absolute atomic E-state index is 0.208. The summed E-state index contributed by atoms with van der Waals surface area (Å²) in [5, 5.41) is 13.0. The van der Waals surface area contributed by atoms with Gasteiger partial charge >= 0.3 is 5.97 Å². The summed E-state index contributed by atoms with van der Waals surface area (Å²) in [5.74, 6) is -0.606. The lowest BCUT2D eigenvalue weighted by Crippen LogP contribution is -2.29. The Kier molecular flexibility index (Phi) is 3.46. The molecule has 0 spiro atoms. The molecule has 7 heteroatoms. The van der Waals surface area contributed by atoms with Crippen molar-refractivity contribution in [1.29, 1.82) is 0 Å². The third-order valence-electron chi connectivity index (χ3n) is 2.92. The number of nitrogens with zero attached hydrogens (tertiary/aromatic N) is 4. The van der Waals surface area contributed by atoms with E-state index in [1.807, 2.05) is 6.92 Å². The third kappa shape index (κ3) is 2.40. The van der Waals surface area contributed by atoms with Gasteiger partial charge in [-0.3, -0.25) is 4.79 Å². The molecule has 0 radical (unpaired) electrons. The Morgan fingerprint density at radius 1 is 1.42 bits per heavy atom. The van der Waals surface area contributed by atoms with Gasteiger partial charge in [-0.05, 0) is 26.0 Å². The van der Waals surface area contributed by atoms with Gasteiger partial charge in [-0.1, -0.05) is 0 Å². The first kappa shape index (κ1) is 13.0. The fourth-order valence-electron chi connectivity index (χ4n) is 1.85. The molecule has 2 aromatic rings. The second kappa shape index (κ2) is 5.05. The summed E-state index contributed by atoms with van der Waals surface area (Å²) in [7, 11) is 0. The molecule has 0 unspecified atom stereocenters. The van der Waals surface area contributed by atoms with Crippen LogP contribution in [0.1, 0.15) is 28.8 Å². The highest BCUT2D eigenvalue weighted by atomic mass is 16.4. The molecule has 0 fully saturated rings. The monoisotopic (exact) mass is 262 g/mol. The van der Waals surface area contributed by atoms with E-state index in [1.54, 1.807) is 17.7 Å². The van der Waals surface area contributed by atoms with Crippen LogP contribution in [0.2, 0.25) is 0 Å². The van der Waals surface area contributed by atoms with Crippen LogP contribution in [-0.2, 0) is 13.1 Å². The topological polar surface area (TPSA) is 90.0 Å². The molecule has 0 aromatic carbocycles. The molecule has 2 aromatic heterocycles. The molecular formula is C12H14N4O3. The fourth-order valence-corrected chi connectivity index (χ4v) is 1.85. The molecular weight excluding hydrogens is 248 g/mol.